The average molecular weight is 232 g/mol. The maximum atomic E-state index is 11.2. The molecular formula is C10H20N2O4. The summed E-state index contributed by atoms with van der Waals surface area (Å²) in [5, 5.41) is 11.1. The Kier molecular flexibility index (Phi) is 8.46. The molecule has 0 saturated heterocycles. The van der Waals surface area contributed by atoms with E-state index in [9.17, 15) is 9.59 Å². The molecule has 1 amide bonds. The monoisotopic (exact) mass is 232 g/mol. The minimum absolute atomic E-state index is 0.00283. The second-order valence-electron chi connectivity index (χ2n) is 3.68. The Hall–Kier alpha value is -1.14. The number of ether oxygens (including phenoxy) is 1. The van der Waals surface area contributed by atoms with Gasteiger partial charge in [-0.1, -0.05) is 6.92 Å². The van der Waals surface area contributed by atoms with E-state index in [0.717, 1.165) is 0 Å². The van der Waals surface area contributed by atoms with Crippen molar-refractivity contribution in [3.05, 3.63) is 0 Å². The average Bonchev–Trinajstić information content (AvgIpc) is 2.24. The van der Waals surface area contributed by atoms with Crippen molar-refractivity contribution in [2.75, 3.05) is 26.3 Å². The highest BCUT2D eigenvalue weighted by atomic mass is 16.5. The lowest BCUT2D eigenvalue weighted by molar-refractivity contribution is -0.137. The highest BCUT2D eigenvalue weighted by Crippen LogP contribution is 2.03. The zero-order chi connectivity index (χ0) is 12.4. The summed E-state index contributed by atoms with van der Waals surface area (Å²) in [6.45, 7) is 3.12. The van der Waals surface area contributed by atoms with Gasteiger partial charge in [-0.15, -0.1) is 0 Å². The van der Waals surface area contributed by atoms with Crippen LogP contribution < -0.4 is 11.1 Å². The fourth-order valence-electron chi connectivity index (χ4n) is 1.06. The molecule has 0 bridgehead atoms. The maximum absolute atomic E-state index is 11.2. The van der Waals surface area contributed by atoms with Crippen molar-refractivity contribution in [2.24, 2.45) is 11.7 Å². The van der Waals surface area contributed by atoms with Crippen LogP contribution in [0.2, 0.25) is 0 Å². The first-order valence-corrected chi connectivity index (χ1v) is 5.32. The number of carbonyl (C=O) groups excluding carboxylic acids is 1. The molecule has 0 aromatic carbocycles. The molecule has 1 unspecified atom stereocenters. The molecule has 0 fully saturated rings. The lowest BCUT2D eigenvalue weighted by Crippen LogP contribution is -2.32. The maximum Gasteiger partial charge on any atom is 0.303 e. The molecule has 1 atom stereocenters. The van der Waals surface area contributed by atoms with E-state index in [2.05, 4.69) is 5.32 Å². The highest BCUT2D eigenvalue weighted by Gasteiger charge is 2.07. The second kappa shape index (κ2) is 9.11. The molecule has 0 aromatic rings. The van der Waals surface area contributed by atoms with Gasteiger partial charge in [-0.2, -0.15) is 0 Å². The van der Waals surface area contributed by atoms with Gasteiger partial charge in [-0.05, 0) is 12.3 Å². The fraction of sp³-hybridized carbons (Fsp3) is 0.800. The number of rotatable bonds is 9. The van der Waals surface area contributed by atoms with Gasteiger partial charge in [0.2, 0.25) is 5.91 Å². The number of nitrogens with one attached hydrogen (secondary N) is 1. The minimum atomic E-state index is -0.815. The van der Waals surface area contributed by atoms with Crippen LogP contribution in [0.15, 0.2) is 0 Å². The summed E-state index contributed by atoms with van der Waals surface area (Å²) in [5.74, 6) is -0.866. The quantitative estimate of drug-likeness (QED) is 0.469. The van der Waals surface area contributed by atoms with E-state index in [-0.39, 0.29) is 24.9 Å². The van der Waals surface area contributed by atoms with Crippen LogP contribution in [0, 0.1) is 5.92 Å². The number of carboxylic acids is 1. The summed E-state index contributed by atoms with van der Waals surface area (Å²) in [4.78, 5) is 21.5. The van der Waals surface area contributed by atoms with Gasteiger partial charge in [-0.3, -0.25) is 9.59 Å². The Morgan fingerprint density at radius 3 is 2.75 bits per heavy atom. The van der Waals surface area contributed by atoms with Crippen molar-refractivity contribution in [3.63, 3.8) is 0 Å². The van der Waals surface area contributed by atoms with Crippen molar-refractivity contribution in [1.82, 2.24) is 5.32 Å². The van der Waals surface area contributed by atoms with Gasteiger partial charge in [0.1, 0.15) is 6.61 Å². The number of carboxylic acid groups (broad SMARTS) is 1. The third kappa shape index (κ3) is 9.42. The number of hydrogen-bond donors (Lipinski definition) is 3. The lowest BCUT2D eigenvalue weighted by Gasteiger charge is -2.11. The molecule has 94 valence electrons. The predicted molar refractivity (Wildman–Crippen MR) is 58.9 cm³/mol. The molecule has 0 aromatic heterocycles. The summed E-state index contributed by atoms with van der Waals surface area (Å²) in [7, 11) is 0. The SMILES string of the molecule is CC(CCC(=O)O)CNC(=O)COCCN. The van der Waals surface area contributed by atoms with Gasteiger partial charge in [0.05, 0.1) is 6.61 Å². The van der Waals surface area contributed by atoms with E-state index in [1.165, 1.54) is 0 Å². The van der Waals surface area contributed by atoms with Crippen LogP contribution in [0.25, 0.3) is 0 Å². The Labute approximate surface area is 95.1 Å². The molecule has 0 radical (unpaired) electrons. The minimum Gasteiger partial charge on any atom is -0.481 e. The number of aliphatic carboxylic acids is 1. The summed E-state index contributed by atoms with van der Waals surface area (Å²) in [5.41, 5.74) is 5.19. The van der Waals surface area contributed by atoms with E-state index in [4.69, 9.17) is 15.6 Å². The van der Waals surface area contributed by atoms with E-state index in [1.807, 2.05) is 6.92 Å². The molecule has 0 aliphatic heterocycles. The van der Waals surface area contributed by atoms with Crippen molar-refractivity contribution >= 4 is 11.9 Å². The third-order valence-corrected chi connectivity index (χ3v) is 1.99. The van der Waals surface area contributed by atoms with Crippen LogP contribution in [0.5, 0.6) is 0 Å². The molecule has 0 rings (SSSR count). The Morgan fingerprint density at radius 2 is 2.19 bits per heavy atom. The zero-order valence-electron chi connectivity index (χ0n) is 9.57. The molecular weight excluding hydrogens is 212 g/mol. The van der Waals surface area contributed by atoms with Gasteiger partial charge in [0.25, 0.3) is 0 Å². The van der Waals surface area contributed by atoms with Crippen LogP contribution in [0.4, 0.5) is 0 Å². The summed E-state index contributed by atoms with van der Waals surface area (Å²) in [6, 6.07) is 0. The standard InChI is InChI=1S/C10H20N2O4/c1-8(2-3-10(14)15)6-12-9(13)7-16-5-4-11/h8H,2-7,11H2,1H3,(H,12,13)(H,14,15). The van der Waals surface area contributed by atoms with Crippen LogP contribution >= 0.6 is 0 Å². The Bertz CT molecular complexity index is 221. The Morgan fingerprint density at radius 1 is 1.50 bits per heavy atom. The summed E-state index contributed by atoms with van der Waals surface area (Å²) >= 11 is 0. The summed E-state index contributed by atoms with van der Waals surface area (Å²) < 4.78 is 4.94. The number of carbonyl (C=O) groups is 2. The van der Waals surface area contributed by atoms with Gasteiger partial charge in [0.15, 0.2) is 0 Å². The zero-order valence-corrected chi connectivity index (χ0v) is 9.57. The lowest BCUT2D eigenvalue weighted by atomic mass is 10.1. The topological polar surface area (TPSA) is 102 Å². The first kappa shape index (κ1) is 14.9. The van der Waals surface area contributed by atoms with Gasteiger partial charge >= 0.3 is 5.97 Å². The van der Waals surface area contributed by atoms with Crippen LogP contribution in [0.1, 0.15) is 19.8 Å². The predicted octanol–water partition coefficient (Wildman–Crippen LogP) is -0.421. The Balaban J connectivity index is 3.47. The van der Waals surface area contributed by atoms with Crippen LogP contribution in [-0.4, -0.2) is 43.3 Å². The fourth-order valence-corrected chi connectivity index (χ4v) is 1.06. The smallest absolute Gasteiger partial charge is 0.303 e. The molecule has 0 saturated carbocycles. The first-order chi connectivity index (χ1) is 7.56. The first-order valence-electron chi connectivity index (χ1n) is 5.32. The van der Waals surface area contributed by atoms with E-state index >= 15 is 0 Å². The van der Waals surface area contributed by atoms with Gasteiger partial charge in [-0.25, -0.2) is 0 Å². The van der Waals surface area contributed by atoms with E-state index in [1.54, 1.807) is 0 Å². The highest BCUT2D eigenvalue weighted by molar-refractivity contribution is 5.77. The second-order valence-corrected chi connectivity index (χ2v) is 3.68. The molecule has 0 spiro atoms. The van der Waals surface area contributed by atoms with Crippen molar-refractivity contribution in [1.29, 1.82) is 0 Å². The molecule has 4 N–H and O–H groups in total. The van der Waals surface area contributed by atoms with Gasteiger partial charge in [0, 0.05) is 19.5 Å². The van der Waals surface area contributed by atoms with Gasteiger partial charge < -0.3 is 20.9 Å². The molecule has 0 heterocycles. The molecule has 6 heteroatoms. The molecule has 0 aliphatic rings. The van der Waals surface area contributed by atoms with E-state index in [0.29, 0.717) is 26.1 Å². The normalized spacial score (nSPS) is 12.1. The van der Waals surface area contributed by atoms with Crippen molar-refractivity contribution < 1.29 is 19.4 Å². The van der Waals surface area contributed by atoms with Crippen LogP contribution in [-0.2, 0) is 14.3 Å². The largest absolute Gasteiger partial charge is 0.481 e. The molecule has 16 heavy (non-hydrogen) atoms. The van der Waals surface area contributed by atoms with Crippen LogP contribution in [0.3, 0.4) is 0 Å². The molecule has 0 aliphatic carbocycles. The van der Waals surface area contributed by atoms with Crippen molar-refractivity contribution in [3.8, 4) is 0 Å². The number of amides is 1. The van der Waals surface area contributed by atoms with Crippen molar-refractivity contribution in [2.45, 2.75) is 19.8 Å². The summed E-state index contributed by atoms with van der Waals surface area (Å²) in [6.07, 6.45) is 0.681. The third-order valence-electron chi connectivity index (χ3n) is 1.99. The molecule has 6 nitrogen and oxygen atoms in total. The van der Waals surface area contributed by atoms with E-state index < -0.39 is 5.97 Å². The number of hydrogen-bond acceptors (Lipinski definition) is 4. The number of nitrogens with two attached hydrogens (primary N) is 1.